The van der Waals surface area contributed by atoms with Crippen LogP contribution in [-0.2, 0) is 11.3 Å². The second-order valence-corrected chi connectivity index (χ2v) is 6.52. The Hall–Kier alpha value is -1.02. The van der Waals surface area contributed by atoms with E-state index in [4.69, 9.17) is 14.5 Å². The zero-order chi connectivity index (χ0) is 17.2. The van der Waals surface area contributed by atoms with Gasteiger partial charge in [-0.25, -0.2) is 4.99 Å². The number of ether oxygens (including phenoxy) is 2. The molecule has 1 aliphatic heterocycles. The summed E-state index contributed by atoms with van der Waals surface area (Å²) in [7, 11) is 0. The molecule has 5 nitrogen and oxygen atoms in total. The second-order valence-electron chi connectivity index (χ2n) is 6.52. The normalized spacial score (nSPS) is 17.3. The summed E-state index contributed by atoms with van der Waals surface area (Å²) in [4.78, 5) is 4.69. The van der Waals surface area contributed by atoms with Gasteiger partial charge in [-0.15, -0.1) is 24.0 Å². The summed E-state index contributed by atoms with van der Waals surface area (Å²) in [6.07, 6.45) is 2.58. The van der Waals surface area contributed by atoms with Gasteiger partial charge < -0.3 is 20.1 Å². The van der Waals surface area contributed by atoms with Crippen LogP contribution in [0, 0.1) is 5.92 Å². The van der Waals surface area contributed by atoms with E-state index in [9.17, 15) is 0 Å². The number of benzene rings is 1. The molecular weight excluding hydrogens is 429 g/mol. The molecule has 1 heterocycles. The largest absolute Gasteiger partial charge is 0.493 e. The number of rotatable bonds is 8. The van der Waals surface area contributed by atoms with Gasteiger partial charge in [-0.05, 0) is 31.7 Å². The van der Waals surface area contributed by atoms with Crippen LogP contribution < -0.4 is 15.4 Å². The first-order valence-corrected chi connectivity index (χ1v) is 9.03. The number of aliphatic imine (C=N–C) groups is 1. The Morgan fingerprint density at radius 2 is 2.12 bits per heavy atom. The fourth-order valence-electron chi connectivity index (χ4n) is 2.55. The molecule has 25 heavy (non-hydrogen) atoms. The summed E-state index contributed by atoms with van der Waals surface area (Å²) in [5.74, 6) is 2.25. The Morgan fingerprint density at radius 3 is 2.80 bits per heavy atom. The molecule has 0 aromatic heterocycles. The summed E-state index contributed by atoms with van der Waals surface area (Å²) in [5, 5.41) is 6.66. The highest BCUT2D eigenvalue weighted by molar-refractivity contribution is 14.0. The first kappa shape index (κ1) is 22.0. The molecule has 0 aliphatic carbocycles. The monoisotopic (exact) mass is 461 g/mol. The number of hydrogen-bond donors (Lipinski definition) is 2. The van der Waals surface area contributed by atoms with Gasteiger partial charge in [0, 0.05) is 25.3 Å². The molecule has 0 radical (unpaired) electrons. The van der Waals surface area contributed by atoms with Crippen LogP contribution >= 0.6 is 24.0 Å². The molecule has 1 atom stereocenters. The first-order valence-electron chi connectivity index (χ1n) is 9.03. The lowest BCUT2D eigenvalue weighted by molar-refractivity contribution is 0.114. The van der Waals surface area contributed by atoms with E-state index in [1.54, 1.807) is 0 Å². The zero-order valence-electron chi connectivity index (χ0n) is 15.6. The predicted octanol–water partition coefficient (Wildman–Crippen LogP) is 3.57. The van der Waals surface area contributed by atoms with E-state index in [1.807, 2.05) is 18.2 Å². The van der Waals surface area contributed by atoms with Crippen LogP contribution in [0.3, 0.4) is 0 Å². The average molecular weight is 461 g/mol. The van der Waals surface area contributed by atoms with E-state index in [-0.39, 0.29) is 24.0 Å². The van der Waals surface area contributed by atoms with E-state index in [1.165, 1.54) is 0 Å². The molecule has 1 aliphatic rings. The van der Waals surface area contributed by atoms with Crippen molar-refractivity contribution in [2.24, 2.45) is 10.9 Å². The van der Waals surface area contributed by atoms with Crippen molar-refractivity contribution in [2.75, 3.05) is 26.3 Å². The molecule has 0 spiro atoms. The molecule has 0 amide bonds. The lowest BCUT2D eigenvalue weighted by atomic mass is 10.2. The number of para-hydroxylation sites is 1. The van der Waals surface area contributed by atoms with Crippen molar-refractivity contribution in [1.82, 2.24) is 10.6 Å². The minimum absolute atomic E-state index is 0. The highest BCUT2D eigenvalue weighted by atomic mass is 127. The molecule has 6 heteroatoms. The maximum atomic E-state index is 5.90. The summed E-state index contributed by atoms with van der Waals surface area (Å²) in [6, 6.07) is 8.12. The molecular formula is C19H32IN3O2. The third-order valence-corrected chi connectivity index (χ3v) is 3.82. The Bertz CT molecular complexity index is 517. The second kappa shape index (κ2) is 12.4. The average Bonchev–Trinajstić information content (AvgIpc) is 3.09. The topological polar surface area (TPSA) is 54.9 Å². The molecule has 1 aromatic carbocycles. The lowest BCUT2D eigenvalue weighted by Gasteiger charge is -2.15. The van der Waals surface area contributed by atoms with Crippen LogP contribution in [0.4, 0.5) is 0 Å². The Morgan fingerprint density at radius 1 is 1.32 bits per heavy atom. The smallest absolute Gasteiger partial charge is 0.191 e. The van der Waals surface area contributed by atoms with Crippen molar-refractivity contribution < 1.29 is 9.47 Å². The van der Waals surface area contributed by atoms with Crippen molar-refractivity contribution in [2.45, 2.75) is 46.3 Å². The number of guanidine groups is 1. The summed E-state index contributed by atoms with van der Waals surface area (Å²) in [6.45, 7) is 10.2. The van der Waals surface area contributed by atoms with Crippen LogP contribution in [0.2, 0.25) is 0 Å². The predicted molar refractivity (Wildman–Crippen MR) is 114 cm³/mol. The van der Waals surface area contributed by atoms with Gasteiger partial charge in [-0.1, -0.05) is 32.0 Å². The van der Waals surface area contributed by atoms with E-state index in [0.29, 0.717) is 18.6 Å². The SMILES string of the molecule is CCNC(=NCc1ccccc1OCC(C)C)NCC1CCCO1.I. The number of nitrogens with one attached hydrogen (secondary N) is 2. The molecule has 0 bridgehead atoms. The number of halogens is 1. The van der Waals surface area contributed by atoms with Crippen molar-refractivity contribution in [1.29, 1.82) is 0 Å². The molecule has 1 unspecified atom stereocenters. The van der Waals surface area contributed by atoms with Crippen molar-refractivity contribution in [3.05, 3.63) is 29.8 Å². The summed E-state index contributed by atoms with van der Waals surface area (Å²) < 4.78 is 11.6. The van der Waals surface area contributed by atoms with Crippen LogP contribution in [0.25, 0.3) is 0 Å². The Kier molecular flexibility index (Phi) is 10.9. The molecule has 0 saturated carbocycles. The standard InChI is InChI=1S/C19H31N3O2.HI/c1-4-20-19(22-13-17-9-7-11-23-17)21-12-16-8-5-6-10-18(16)24-14-15(2)3;/h5-6,8,10,15,17H,4,7,9,11-14H2,1-3H3,(H2,20,21,22);1H. The molecule has 2 rings (SSSR count). The number of nitrogens with zero attached hydrogens (tertiary/aromatic N) is 1. The highest BCUT2D eigenvalue weighted by Gasteiger charge is 2.15. The van der Waals surface area contributed by atoms with Gasteiger partial charge in [0.05, 0.1) is 19.3 Å². The summed E-state index contributed by atoms with van der Waals surface area (Å²) in [5.41, 5.74) is 1.10. The van der Waals surface area contributed by atoms with E-state index in [0.717, 1.165) is 56.4 Å². The zero-order valence-corrected chi connectivity index (χ0v) is 17.9. The van der Waals surface area contributed by atoms with Gasteiger partial charge in [0.1, 0.15) is 5.75 Å². The quantitative estimate of drug-likeness (QED) is 0.353. The molecule has 142 valence electrons. The van der Waals surface area contributed by atoms with Gasteiger partial charge in [0.2, 0.25) is 0 Å². The van der Waals surface area contributed by atoms with Gasteiger partial charge >= 0.3 is 0 Å². The van der Waals surface area contributed by atoms with Crippen LogP contribution in [0.5, 0.6) is 5.75 Å². The Labute approximate surface area is 169 Å². The minimum Gasteiger partial charge on any atom is -0.493 e. The molecule has 1 saturated heterocycles. The van der Waals surface area contributed by atoms with E-state index in [2.05, 4.69) is 37.5 Å². The van der Waals surface area contributed by atoms with Crippen LogP contribution in [0.1, 0.15) is 39.2 Å². The van der Waals surface area contributed by atoms with Crippen LogP contribution in [0.15, 0.2) is 29.3 Å². The minimum atomic E-state index is 0. The van der Waals surface area contributed by atoms with E-state index < -0.39 is 0 Å². The fourth-order valence-corrected chi connectivity index (χ4v) is 2.55. The van der Waals surface area contributed by atoms with Crippen LogP contribution in [-0.4, -0.2) is 38.4 Å². The maximum absolute atomic E-state index is 5.90. The maximum Gasteiger partial charge on any atom is 0.191 e. The molecule has 1 aromatic rings. The summed E-state index contributed by atoms with van der Waals surface area (Å²) >= 11 is 0. The van der Waals surface area contributed by atoms with Crippen molar-refractivity contribution in [3.8, 4) is 5.75 Å². The van der Waals surface area contributed by atoms with Gasteiger partial charge in [-0.2, -0.15) is 0 Å². The van der Waals surface area contributed by atoms with Gasteiger partial charge in [-0.3, -0.25) is 0 Å². The van der Waals surface area contributed by atoms with Crippen molar-refractivity contribution >= 4 is 29.9 Å². The molecule has 2 N–H and O–H groups in total. The van der Waals surface area contributed by atoms with Crippen molar-refractivity contribution in [3.63, 3.8) is 0 Å². The fraction of sp³-hybridized carbons (Fsp3) is 0.632. The lowest BCUT2D eigenvalue weighted by Crippen LogP contribution is -2.41. The third kappa shape index (κ3) is 8.27. The van der Waals surface area contributed by atoms with Gasteiger partial charge in [0.15, 0.2) is 5.96 Å². The third-order valence-electron chi connectivity index (χ3n) is 3.82. The Balaban J connectivity index is 0.00000312. The number of hydrogen-bond acceptors (Lipinski definition) is 3. The highest BCUT2D eigenvalue weighted by Crippen LogP contribution is 2.19. The van der Waals surface area contributed by atoms with Gasteiger partial charge in [0.25, 0.3) is 0 Å². The first-order chi connectivity index (χ1) is 11.7. The molecule has 1 fully saturated rings. The van der Waals surface area contributed by atoms with E-state index >= 15 is 0 Å².